The van der Waals surface area contributed by atoms with Crippen molar-refractivity contribution >= 4 is 27.2 Å². The lowest BCUT2D eigenvalue weighted by Gasteiger charge is -2.10. The van der Waals surface area contributed by atoms with E-state index < -0.39 is 22.0 Å². The fraction of sp³-hybridized carbons (Fsp3) is 0.182. The van der Waals surface area contributed by atoms with Crippen LogP contribution in [0.1, 0.15) is 11.1 Å². The summed E-state index contributed by atoms with van der Waals surface area (Å²) < 4.78 is 45.9. The number of benzene rings is 2. The topological polar surface area (TPSA) is 106 Å². The summed E-state index contributed by atoms with van der Waals surface area (Å²) in [4.78, 5) is 24.7. The van der Waals surface area contributed by atoms with Crippen LogP contribution in [0.25, 0.3) is 22.2 Å². The van der Waals surface area contributed by atoms with Crippen molar-refractivity contribution in [3.8, 4) is 11.1 Å². The Morgan fingerprint density at radius 1 is 1.12 bits per heavy atom. The van der Waals surface area contributed by atoms with Gasteiger partial charge in [-0.25, -0.2) is 9.18 Å². The molecule has 2 N–H and O–H groups in total. The third-order valence-corrected chi connectivity index (χ3v) is 5.62. The molecule has 32 heavy (non-hydrogen) atoms. The van der Waals surface area contributed by atoms with E-state index in [9.17, 15) is 22.7 Å². The van der Waals surface area contributed by atoms with Gasteiger partial charge in [-0.05, 0) is 58.2 Å². The Morgan fingerprint density at radius 3 is 2.44 bits per heavy atom. The molecule has 0 amide bonds. The van der Waals surface area contributed by atoms with Crippen molar-refractivity contribution in [2.75, 3.05) is 11.0 Å². The number of oxazole rings is 1. The van der Waals surface area contributed by atoms with Crippen LogP contribution in [-0.4, -0.2) is 19.9 Å². The maximum Gasteiger partial charge on any atom is 0.420 e. The lowest BCUT2D eigenvalue weighted by atomic mass is 10.0. The summed E-state index contributed by atoms with van der Waals surface area (Å²) in [7, 11) is -1.80. The van der Waals surface area contributed by atoms with Crippen LogP contribution < -0.4 is 16.0 Å². The van der Waals surface area contributed by atoms with Crippen LogP contribution in [0.5, 0.6) is 0 Å². The highest BCUT2D eigenvalue weighted by atomic mass is 32.3. The van der Waals surface area contributed by atoms with Gasteiger partial charge in [0.05, 0.1) is 12.1 Å². The minimum atomic E-state index is -3.43. The predicted molar refractivity (Wildman–Crippen MR) is 122 cm³/mol. The Bertz CT molecular complexity index is 1470. The number of halogens is 1. The Balaban J connectivity index is 1.95. The van der Waals surface area contributed by atoms with Gasteiger partial charge in [-0.15, -0.1) is 0 Å². The van der Waals surface area contributed by atoms with Crippen molar-refractivity contribution in [2.45, 2.75) is 13.5 Å². The normalized spacial score (nSPS) is 13.3. The molecule has 4 rings (SSSR count). The number of hydrogen-bond donors (Lipinski definition) is 2. The Labute approximate surface area is 183 Å². The lowest BCUT2D eigenvalue weighted by molar-refractivity contribution is 0.507. The number of nitrogens with zero attached hydrogens (tertiary/aromatic N) is 2. The van der Waals surface area contributed by atoms with Crippen molar-refractivity contribution in [1.29, 1.82) is 0 Å². The molecule has 0 saturated heterocycles. The summed E-state index contributed by atoms with van der Waals surface area (Å²) in [6.45, 7) is 1.81. The summed E-state index contributed by atoms with van der Waals surface area (Å²) in [5.74, 6) is -1.06. The molecule has 1 atom stereocenters. The first-order valence-electron chi connectivity index (χ1n) is 9.61. The van der Waals surface area contributed by atoms with E-state index in [1.165, 1.54) is 21.3 Å². The fourth-order valence-corrected chi connectivity index (χ4v) is 4.13. The van der Waals surface area contributed by atoms with Crippen LogP contribution in [0.3, 0.4) is 0 Å². The van der Waals surface area contributed by atoms with Gasteiger partial charge in [0.2, 0.25) is 0 Å². The molecule has 4 aromatic rings. The lowest BCUT2D eigenvalue weighted by Crippen LogP contribution is -2.19. The summed E-state index contributed by atoms with van der Waals surface area (Å²) in [5, 5.41) is 0. The third kappa shape index (κ3) is 4.27. The smallest absolute Gasteiger partial charge is 0.405 e. The standard InChI is InChI=1S/C22H20FN3O5S/c1-13-8-16(12-25(2)21(13)27)15-9-18(24-32(3,29)30)20-19(10-15)26(22(28)31-20)11-14-4-6-17(23)7-5-14/h4-10,12H,11H2,1-3H3,(H-,24,29,30)/p+1. The molecule has 166 valence electrons. The average molecular weight is 458 g/mol. The van der Waals surface area contributed by atoms with Gasteiger partial charge in [-0.3, -0.25) is 9.36 Å². The van der Waals surface area contributed by atoms with Crippen LogP contribution in [-0.2, 0) is 28.2 Å². The number of aryl methyl sites for hydroxylation is 2. The number of anilines is 1. The van der Waals surface area contributed by atoms with Gasteiger partial charge < -0.3 is 8.98 Å². The summed E-state index contributed by atoms with van der Waals surface area (Å²) in [6, 6.07) is 10.7. The maximum atomic E-state index is 13.3. The highest BCUT2D eigenvalue weighted by Crippen LogP contribution is 2.32. The number of fused-ring (bicyclic) bond motifs is 1. The van der Waals surface area contributed by atoms with Gasteiger partial charge in [0.15, 0.2) is 11.8 Å². The highest BCUT2D eigenvalue weighted by Gasteiger charge is 2.23. The molecule has 0 aliphatic carbocycles. The molecule has 0 bridgehead atoms. The third-order valence-electron chi connectivity index (χ3n) is 5.02. The zero-order valence-electron chi connectivity index (χ0n) is 17.6. The highest BCUT2D eigenvalue weighted by molar-refractivity contribution is 7.98. The maximum absolute atomic E-state index is 13.3. The average Bonchev–Trinajstić information content (AvgIpc) is 3.02. The van der Waals surface area contributed by atoms with Gasteiger partial charge in [0.1, 0.15) is 11.5 Å². The zero-order chi connectivity index (χ0) is 23.2. The molecule has 0 aliphatic rings. The van der Waals surface area contributed by atoms with Crippen LogP contribution >= 0.6 is 0 Å². The van der Waals surface area contributed by atoms with Crippen LogP contribution in [0.15, 0.2) is 62.7 Å². The van der Waals surface area contributed by atoms with Gasteiger partial charge in [0, 0.05) is 18.8 Å². The van der Waals surface area contributed by atoms with E-state index in [1.807, 2.05) is 0 Å². The molecular formula is C22H21FN3O5S+. The summed E-state index contributed by atoms with van der Waals surface area (Å²) >= 11 is 0. The van der Waals surface area contributed by atoms with E-state index in [0.29, 0.717) is 27.8 Å². The van der Waals surface area contributed by atoms with Crippen molar-refractivity contribution in [1.82, 2.24) is 9.13 Å². The molecule has 2 aromatic carbocycles. The minimum absolute atomic E-state index is 0.113. The van der Waals surface area contributed by atoms with E-state index in [4.69, 9.17) is 4.42 Å². The molecule has 0 saturated carbocycles. The van der Waals surface area contributed by atoms with Gasteiger partial charge >= 0.3 is 16.2 Å². The molecule has 0 fully saturated rings. The van der Waals surface area contributed by atoms with Gasteiger partial charge in [-0.1, -0.05) is 12.1 Å². The van der Waals surface area contributed by atoms with E-state index in [-0.39, 0.29) is 23.4 Å². The summed E-state index contributed by atoms with van der Waals surface area (Å²) in [5.41, 5.74) is 3.01. The van der Waals surface area contributed by atoms with Crippen LogP contribution in [0, 0.1) is 12.7 Å². The van der Waals surface area contributed by atoms with Crippen LogP contribution in [0.4, 0.5) is 10.1 Å². The molecule has 2 heterocycles. The van der Waals surface area contributed by atoms with E-state index in [0.717, 1.165) is 6.26 Å². The van der Waals surface area contributed by atoms with Crippen molar-refractivity contribution in [3.05, 3.63) is 86.5 Å². The number of pyridine rings is 1. The number of nitrogens with one attached hydrogen (secondary N) is 1. The molecular weight excluding hydrogens is 437 g/mol. The predicted octanol–water partition coefficient (Wildman–Crippen LogP) is 3.39. The van der Waals surface area contributed by atoms with Gasteiger partial charge in [0.25, 0.3) is 5.56 Å². The molecule has 0 radical (unpaired) electrons. The Hall–Kier alpha value is -3.50. The molecule has 10 heteroatoms. The second kappa shape index (κ2) is 7.88. The Morgan fingerprint density at radius 2 is 1.81 bits per heavy atom. The number of hydrogen-bond acceptors (Lipinski definition) is 4. The SMILES string of the molecule is Cc1cc(-c2cc(N[S+](C)(=O)O)c3oc(=O)n(Cc4ccc(F)cc4)c3c2)cn(C)c1=O. The Kier molecular flexibility index (Phi) is 5.35. The first-order valence-corrected chi connectivity index (χ1v) is 11.5. The molecule has 0 spiro atoms. The summed E-state index contributed by atoms with van der Waals surface area (Å²) in [6.07, 6.45) is 2.75. The van der Waals surface area contributed by atoms with Crippen molar-refractivity contribution in [3.63, 3.8) is 0 Å². The number of rotatable bonds is 5. The second-order valence-corrected chi connectivity index (χ2v) is 9.49. The van der Waals surface area contributed by atoms with Gasteiger partial charge in [-0.2, -0.15) is 9.27 Å². The van der Waals surface area contributed by atoms with E-state index in [2.05, 4.69) is 4.72 Å². The minimum Gasteiger partial charge on any atom is -0.405 e. The quantitative estimate of drug-likeness (QED) is 0.446. The first kappa shape index (κ1) is 21.7. The van der Waals surface area contributed by atoms with Crippen molar-refractivity contribution < 1.29 is 17.6 Å². The fourth-order valence-electron chi connectivity index (χ4n) is 3.57. The molecule has 8 nitrogen and oxygen atoms in total. The number of aromatic nitrogens is 2. The zero-order valence-corrected chi connectivity index (χ0v) is 18.4. The van der Waals surface area contributed by atoms with E-state index >= 15 is 0 Å². The second-order valence-electron chi connectivity index (χ2n) is 7.69. The van der Waals surface area contributed by atoms with Crippen molar-refractivity contribution in [2.24, 2.45) is 7.05 Å². The van der Waals surface area contributed by atoms with Crippen LogP contribution in [0.2, 0.25) is 0 Å². The van der Waals surface area contributed by atoms with E-state index in [1.54, 1.807) is 50.5 Å². The first-order chi connectivity index (χ1) is 15.0. The monoisotopic (exact) mass is 458 g/mol. The molecule has 0 aliphatic heterocycles. The largest absolute Gasteiger partial charge is 0.420 e. The molecule has 1 unspecified atom stereocenters. The molecule has 2 aromatic heterocycles.